The predicted octanol–water partition coefficient (Wildman–Crippen LogP) is 5.97. The van der Waals surface area contributed by atoms with E-state index in [-0.39, 0.29) is 26.6 Å². The van der Waals surface area contributed by atoms with Crippen LogP contribution in [-0.4, -0.2) is 25.8 Å². The van der Waals surface area contributed by atoms with Crippen molar-refractivity contribution in [3.05, 3.63) is 94.8 Å². The molecule has 0 bridgehead atoms. The minimum Gasteiger partial charge on any atom is -0.478 e. The van der Waals surface area contributed by atoms with Gasteiger partial charge in [0.2, 0.25) is 0 Å². The smallest absolute Gasteiger partial charge is 0.419 e. The summed E-state index contributed by atoms with van der Waals surface area (Å²) < 4.78 is 82.4. The zero-order valence-electron chi connectivity index (χ0n) is 18.0. The van der Waals surface area contributed by atoms with Gasteiger partial charge in [-0.25, -0.2) is 17.6 Å². The highest BCUT2D eigenvalue weighted by molar-refractivity contribution is 7.93. The van der Waals surface area contributed by atoms with Gasteiger partial charge in [0, 0.05) is 10.1 Å². The maximum Gasteiger partial charge on any atom is 0.419 e. The first-order valence-corrected chi connectivity index (χ1v) is 12.4. The second kappa shape index (κ2) is 9.36. The van der Waals surface area contributed by atoms with Crippen molar-refractivity contribution in [2.75, 3.05) is 4.31 Å². The monoisotopic (exact) mass is 537 g/mol. The van der Waals surface area contributed by atoms with E-state index in [0.717, 1.165) is 46.0 Å². The van der Waals surface area contributed by atoms with Crippen LogP contribution in [0.2, 0.25) is 0 Å². The van der Waals surface area contributed by atoms with E-state index in [0.29, 0.717) is 28.5 Å². The molecule has 0 aliphatic heterocycles. The van der Waals surface area contributed by atoms with Crippen LogP contribution in [0.25, 0.3) is 10.1 Å². The molecule has 1 heterocycles. The number of rotatable bonds is 7. The van der Waals surface area contributed by atoms with Gasteiger partial charge in [-0.1, -0.05) is 24.3 Å². The maximum absolute atomic E-state index is 13.8. The molecule has 6 nitrogen and oxygen atoms in total. The molecule has 4 aromatic rings. The lowest BCUT2D eigenvalue weighted by Crippen LogP contribution is -2.31. The minimum atomic E-state index is -5.01. The molecule has 0 atom stereocenters. The van der Waals surface area contributed by atoms with Crippen LogP contribution in [0.5, 0.6) is 0 Å². The van der Waals surface area contributed by atoms with Crippen molar-refractivity contribution >= 4 is 48.7 Å². The van der Waals surface area contributed by atoms with E-state index < -0.39 is 40.1 Å². The third-order valence-electron chi connectivity index (χ3n) is 5.31. The summed E-state index contributed by atoms with van der Waals surface area (Å²) >= 11 is 0.943. The number of carbonyl (C=O) groups is 2. The quantitative estimate of drug-likeness (QED) is 0.232. The number of hydrogen-bond donors (Lipinski definition) is 1. The van der Waals surface area contributed by atoms with Crippen LogP contribution < -0.4 is 4.31 Å². The Hall–Kier alpha value is -3.77. The molecule has 36 heavy (non-hydrogen) atoms. The van der Waals surface area contributed by atoms with Crippen molar-refractivity contribution in [2.24, 2.45) is 0 Å². The number of fused-ring (bicyclic) bond motifs is 1. The normalized spacial score (nSPS) is 12.0. The number of alkyl halides is 3. The molecular weight excluding hydrogens is 522 g/mol. The van der Waals surface area contributed by atoms with Crippen LogP contribution in [-0.2, 0) is 22.7 Å². The van der Waals surface area contributed by atoms with E-state index in [1.807, 2.05) is 0 Å². The lowest BCUT2D eigenvalue weighted by atomic mass is 10.1. The number of anilines is 1. The standard InChI is InChI=1S/C24H15F4NO5S2/c25-20-10-5-14(11-19(20)24(26,27)28)12-29(22-18(13-30)17-3-1-2-4-21(17)35-22)36(33,34)16-8-6-15(7-9-16)23(31)32/h1-11,13H,12H2,(H,31,32). The summed E-state index contributed by atoms with van der Waals surface area (Å²) in [7, 11) is -4.52. The summed E-state index contributed by atoms with van der Waals surface area (Å²) in [6.07, 6.45) is -4.56. The van der Waals surface area contributed by atoms with Crippen LogP contribution in [0.4, 0.5) is 22.6 Å². The lowest BCUT2D eigenvalue weighted by molar-refractivity contribution is -0.140. The van der Waals surface area contributed by atoms with Gasteiger partial charge in [-0.2, -0.15) is 13.2 Å². The highest BCUT2D eigenvalue weighted by atomic mass is 32.2. The zero-order chi connectivity index (χ0) is 26.3. The maximum atomic E-state index is 13.8. The number of aldehydes is 1. The fourth-order valence-electron chi connectivity index (χ4n) is 3.57. The molecular formula is C24H15F4NO5S2. The van der Waals surface area contributed by atoms with E-state index in [2.05, 4.69) is 0 Å². The van der Waals surface area contributed by atoms with Gasteiger partial charge in [0.15, 0.2) is 6.29 Å². The number of sulfonamides is 1. The van der Waals surface area contributed by atoms with Crippen LogP contribution in [0.1, 0.15) is 31.8 Å². The number of thiophene rings is 1. The molecule has 0 aliphatic carbocycles. The average Bonchev–Trinajstić information content (AvgIpc) is 3.20. The van der Waals surface area contributed by atoms with Gasteiger partial charge >= 0.3 is 12.1 Å². The number of carboxylic acids is 1. The third-order valence-corrected chi connectivity index (χ3v) is 8.40. The topological polar surface area (TPSA) is 91.8 Å². The second-order valence-electron chi connectivity index (χ2n) is 7.59. The SMILES string of the molecule is O=Cc1c(N(Cc2ccc(F)c(C(F)(F)F)c2)S(=O)(=O)c2ccc(C(=O)O)cc2)sc2ccccc12. The molecule has 0 unspecified atom stereocenters. The summed E-state index contributed by atoms with van der Waals surface area (Å²) in [6, 6.07) is 12.9. The van der Waals surface area contributed by atoms with Gasteiger partial charge in [0.1, 0.15) is 10.8 Å². The highest BCUT2D eigenvalue weighted by Crippen LogP contribution is 2.41. The Bertz CT molecular complexity index is 1580. The number of halogens is 4. The van der Waals surface area contributed by atoms with Crippen molar-refractivity contribution in [2.45, 2.75) is 17.6 Å². The van der Waals surface area contributed by atoms with Crippen LogP contribution in [0.15, 0.2) is 71.6 Å². The predicted molar refractivity (Wildman–Crippen MR) is 125 cm³/mol. The Morgan fingerprint density at radius 3 is 2.31 bits per heavy atom. The fraction of sp³-hybridized carbons (Fsp3) is 0.0833. The molecule has 1 aromatic heterocycles. The molecule has 4 rings (SSSR count). The van der Waals surface area contributed by atoms with Crippen LogP contribution in [0, 0.1) is 5.82 Å². The first-order chi connectivity index (χ1) is 16.9. The van der Waals surface area contributed by atoms with Gasteiger partial charge in [-0.15, -0.1) is 11.3 Å². The fourth-order valence-corrected chi connectivity index (χ4v) is 6.42. The van der Waals surface area contributed by atoms with Gasteiger partial charge in [0.05, 0.1) is 28.1 Å². The molecule has 3 aromatic carbocycles. The number of carbonyl (C=O) groups excluding carboxylic acids is 1. The Labute approximate surface area is 206 Å². The van der Waals surface area contributed by atoms with Crippen molar-refractivity contribution < 1.29 is 40.7 Å². The summed E-state index contributed by atoms with van der Waals surface area (Å²) in [5, 5.41) is 9.50. The zero-order valence-corrected chi connectivity index (χ0v) is 19.6. The molecule has 186 valence electrons. The molecule has 0 fully saturated rings. The largest absolute Gasteiger partial charge is 0.478 e. The summed E-state index contributed by atoms with van der Waals surface area (Å²) in [5.74, 6) is -2.80. The number of carboxylic acid groups (broad SMARTS) is 1. The van der Waals surface area contributed by atoms with Gasteiger partial charge in [-0.3, -0.25) is 9.10 Å². The van der Waals surface area contributed by atoms with E-state index in [1.165, 1.54) is 0 Å². The average molecular weight is 538 g/mol. The summed E-state index contributed by atoms with van der Waals surface area (Å²) in [6.45, 7) is -0.653. The molecule has 0 saturated heterocycles. The Kier molecular flexibility index (Phi) is 6.58. The highest BCUT2D eigenvalue weighted by Gasteiger charge is 2.35. The Morgan fingerprint density at radius 2 is 1.69 bits per heavy atom. The number of aromatic carboxylic acids is 1. The summed E-state index contributed by atoms with van der Waals surface area (Å²) in [4.78, 5) is 22.8. The minimum absolute atomic E-state index is 0.0134. The molecule has 1 N–H and O–H groups in total. The van der Waals surface area contributed by atoms with Crippen LogP contribution in [0.3, 0.4) is 0 Å². The van der Waals surface area contributed by atoms with Crippen molar-refractivity contribution in [3.8, 4) is 0 Å². The second-order valence-corrected chi connectivity index (χ2v) is 10.5. The van der Waals surface area contributed by atoms with E-state index in [1.54, 1.807) is 24.3 Å². The van der Waals surface area contributed by atoms with Crippen molar-refractivity contribution in [3.63, 3.8) is 0 Å². The summed E-state index contributed by atoms with van der Waals surface area (Å²) in [5.41, 5.74) is -1.90. The molecule has 0 aliphatic rings. The van der Waals surface area contributed by atoms with Gasteiger partial charge < -0.3 is 5.11 Å². The molecule has 0 amide bonds. The van der Waals surface area contributed by atoms with Crippen molar-refractivity contribution in [1.82, 2.24) is 0 Å². The van der Waals surface area contributed by atoms with E-state index in [4.69, 9.17) is 5.11 Å². The molecule has 0 saturated carbocycles. The molecule has 12 heteroatoms. The first kappa shape index (κ1) is 25.3. The van der Waals surface area contributed by atoms with E-state index >= 15 is 0 Å². The third kappa shape index (κ3) is 4.69. The lowest BCUT2D eigenvalue weighted by Gasteiger charge is -2.24. The van der Waals surface area contributed by atoms with Crippen molar-refractivity contribution in [1.29, 1.82) is 0 Å². The van der Waals surface area contributed by atoms with Crippen LogP contribution >= 0.6 is 11.3 Å². The molecule has 0 radical (unpaired) electrons. The first-order valence-electron chi connectivity index (χ1n) is 10.1. The number of hydrogen-bond acceptors (Lipinski definition) is 5. The number of nitrogens with zero attached hydrogens (tertiary/aromatic N) is 1. The van der Waals surface area contributed by atoms with Gasteiger partial charge in [0.25, 0.3) is 10.0 Å². The Morgan fingerprint density at radius 1 is 1.03 bits per heavy atom. The molecule has 0 spiro atoms. The Balaban J connectivity index is 1.91. The van der Waals surface area contributed by atoms with Gasteiger partial charge in [-0.05, 0) is 48.0 Å². The number of benzene rings is 3. The van der Waals surface area contributed by atoms with E-state index in [9.17, 15) is 35.6 Å².